The predicted octanol–water partition coefficient (Wildman–Crippen LogP) is 3.74. The fourth-order valence-electron chi connectivity index (χ4n) is 4.60. The van der Waals surface area contributed by atoms with Gasteiger partial charge in [0.25, 0.3) is 0 Å². The van der Waals surface area contributed by atoms with Crippen molar-refractivity contribution in [2.24, 2.45) is 0 Å². The van der Waals surface area contributed by atoms with Gasteiger partial charge in [-0.05, 0) is 56.5 Å². The van der Waals surface area contributed by atoms with Crippen LogP contribution in [-0.4, -0.2) is 62.6 Å². The Morgan fingerprint density at radius 1 is 1.03 bits per heavy atom. The number of hydrogen-bond donors (Lipinski definition) is 1. The van der Waals surface area contributed by atoms with Gasteiger partial charge >= 0.3 is 6.09 Å². The number of carbonyl (C=O) groups is 2. The molecule has 2 atom stereocenters. The predicted molar refractivity (Wildman–Crippen MR) is 125 cm³/mol. The lowest BCUT2D eigenvalue weighted by molar-refractivity contribution is -0.141. The fourth-order valence-corrected chi connectivity index (χ4v) is 4.60. The summed E-state index contributed by atoms with van der Waals surface area (Å²) in [4.78, 5) is 32.4. The van der Waals surface area contributed by atoms with Crippen molar-refractivity contribution >= 4 is 12.0 Å². The minimum absolute atomic E-state index is 0.0120. The molecule has 33 heavy (non-hydrogen) atoms. The Labute approximate surface area is 195 Å². The normalized spacial score (nSPS) is 21.1. The largest absolute Gasteiger partial charge is 0.508 e. The van der Waals surface area contributed by atoms with Gasteiger partial charge in [-0.3, -0.25) is 9.69 Å². The Morgan fingerprint density at radius 3 is 2.42 bits per heavy atom. The molecule has 0 saturated carbocycles. The Kier molecular flexibility index (Phi) is 6.34. The molecule has 0 aliphatic carbocycles. The van der Waals surface area contributed by atoms with Crippen LogP contribution in [0.4, 0.5) is 4.79 Å². The van der Waals surface area contributed by atoms with Gasteiger partial charge in [0.2, 0.25) is 5.91 Å². The van der Waals surface area contributed by atoms with Crippen LogP contribution >= 0.6 is 0 Å². The molecule has 2 heterocycles. The molecule has 0 spiro atoms. The van der Waals surface area contributed by atoms with E-state index in [0.717, 1.165) is 16.7 Å². The first-order valence-electron chi connectivity index (χ1n) is 11.5. The molecule has 0 bridgehead atoms. The van der Waals surface area contributed by atoms with Crippen LogP contribution in [0.2, 0.25) is 0 Å². The number of phenols is 1. The number of ether oxygens (including phenoxy) is 1. The van der Waals surface area contributed by atoms with Gasteiger partial charge in [0, 0.05) is 38.8 Å². The molecule has 1 saturated heterocycles. The SMILES string of the molecule is C[C@@H]1CN(Cc2ccccc2)[C@H](C(=O)N2Cc3ccc(O)cc3C2)CN1C(=O)OC(C)(C)C. The number of benzene rings is 2. The van der Waals surface area contributed by atoms with Gasteiger partial charge in [-0.25, -0.2) is 4.79 Å². The van der Waals surface area contributed by atoms with Crippen LogP contribution in [0.15, 0.2) is 48.5 Å². The highest BCUT2D eigenvalue weighted by Crippen LogP contribution is 2.29. The second-order valence-electron chi connectivity index (χ2n) is 10.1. The minimum atomic E-state index is -0.601. The lowest BCUT2D eigenvalue weighted by atomic mass is 10.0. The number of amides is 2. The van der Waals surface area contributed by atoms with E-state index >= 15 is 0 Å². The second kappa shape index (κ2) is 9.06. The zero-order valence-corrected chi connectivity index (χ0v) is 19.8. The maximum absolute atomic E-state index is 13.8. The third-order valence-electron chi connectivity index (χ3n) is 6.21. The Morgan fingerprint density at radius 2 is 1.73 bits per heavy atom. The summed E-state index contributed by atoms with van der Waals surface area (Å²) in [6.07, 6.45) is -0.387. The van der Waals surface area contributed by atoms with Crippen molar-refractivity contribution in [1.82, 2.24) is 14.7 Å². The highest BCUT2D eigenvalue weighted by atomic mass is 16.6. The van der Waals surface area contributed by atoms with Gasteiger partial charge in [0.05, 0.1) is 0 Å². The topological polar surface area (TPSA) is 73.3 Å². The van der Waals surface area contributed by atoms with Crippen molar-refractivity contribution in [2.45, 2.75) is 65.0 Å². The van der Waals surface area contributed by atoms with Gasteiger partial charge in [-0.2, -0.15) is 0 Å². The van der Waals surface area contributed by atoms with Crippen LogP contribution in [0, 0.1) is 0 Å². The summed E-state index contributed by atoms with van der Waals surface area (Å²) < 4.78 is 5.63. The van der Waals surface area contributed by atoms with E-state index in [9.17, 15) is 14.7 Å². The smallest absolute Gasteiger partial charge is 0.410 e. The molecule has 4 rings (SSSR count). The van der Waals surface area contributed by atoms with Gasteiger partial charge in [0.1, 0.15) is 17.4 Å². The first-order chi connectivity index (χ1) is 15.6. The maximum Gasteiger partial charge on any atom is 0.410 e. The van der Waals surface area contributed by atoms with Crippen molar-refractivity contribution in [2.75, 3.05) is 13.1 Å². The summed E-state index contributed by atoms with van der Waals surface area (Å²) in [5.74, 6) is 0.193. The molecule has 2 amide bonds. The molecular weight excluding hydrogens is 418 g/mol. The molecule has 2 aromatic carbocycles. The van der Waals surface area contributed by atoms with E-state index in [2.05, 4.69) is 17.0 Å². The Bertz CT molecular complexity index is 1020. The van der Waals surface area contributed by atoms with E-state index in [1.807, 2.05) is 56.9 Å². The van der Waals surface area contributed by atoms with Crippen molar-refractivity contribution in [1.29, 1.82) is 0 Å². The average molecular weight is 452 g/mol. The number of carbonyl (C=O) groups excluding carboxylic acids is 2. The summed E-state index contributed by atoms with van der Waals surface area (Å²) in [7, 11) is 0. The molecule has 2 aliphatic rings. The minimum Gasteiger partial charge on any atom is -0.508 e. The van der Waals surface area contributed by atoms with Crippen LogP contribution < -0.4 is 0 Å². The molecule has 0 radical (unpaired) electrons. The standard InChI is InChI=1S/C26H33N3O4/c1-18-13-27(14-19-8-6-5-7-9-19)23(17-29(18)25(32)33-26(2,3)4)24(31)28-15-20-10-11-22(30)12-21(20)16-28/h5-12,18,23,30H,13-17H2,1-4H3/t18-,23+/m1/s1. The number of aromatic hydroxyl groups is 1. The number of piperazine rings is 1. The van der Waals surface area contributed by atoms with Crippen molar-refractivity contribution < 1.29 is 19.4 Å². The highest BCUT2D eigenvalue weighted by Gasteiger charge is 2.42. The lowest BCUT2D eigenvalue weighted by Crippen LogP contribution is -2.63. The van der Waals surface area contributed by atoms with E-state index in [1.165, 1.54) is 0 Å². The van der Waals surface area contributed by atoms with Gasteiger partial charge in [0.15, 0.2) is 0 Å². The van der Waals surface area contributed by atoms with E-state index in [-0.39, 0.29) is 30.3 Å². The molecule has 1 N–H and O–H groups in total. The first kappa shape index (κ1) is 23.1. The van der Waals surface area contributed by atoms with E-state index < -0.39 is 11.6 Å². The van der Waals surface area contributed by atoms with E-state index in [0.29, 0.717) is 26.2 Å². The molecule has 7 heteroatoms. The summed E-state index contributed by atoms with van der Waals surface area (Å²) in [6.45, 7) is 9.99. The number of fused-ring (bicyclic) bond motifs is 1. The molecule has 1 fully saturated rings. The van der Waals surface area contributed by atoms with E-state index in [1.54, 1.807) is 17.0 Å². The number of nitrogens with zero attached hydrogens (tertiary/aromatic N) is 3. The van der Waals surface area contributed by atoms with Gasteiger partial charge in [-0.15, -0.1) is 0 Å². The van der Waals surface area contributed by atoms with Crippen molar-refractivity contribution in [3.8, 4) is 5.75 Å². The molecular formula is C26H33N3O4. The Balaban J connectivity index is 1.57. The summed E-state index contributed by atoms with van der Waals surface area (Å²) >= 11 is 0. The zero-order valence-electron chi connectivity index (χ0n) is 19.8. The van der Waals surface area contributed by atoms with E-state index in [4.69, 9.17) is 4.74 Å². The number of hydrogen-bond acceptors (Lipinski definition) is 5. The van der Waals surface area contributed by atoms with Crippen LogP contribution in [0.25, 0.3) is 0 Å². The summed E-state index contributed by atoms with van der Waals surface area (Å²) in [6, 6.07) is 14.8. The fraction of sp³-hybridized carbons (Fsp3) is 0.462. The molecule has 176 valence electrons. The van der Waals surface area contributed by atoms with Crippen molar-refractivity contribution in [3.05, 3.63) is 65.2 Å². The molecule has 0 unspecified atom stereocenters. The van der Waals surface area contributed by atoms with Crippen LogP contribution in [0.1, 0.15) is 44.4 Å². The highest BCUT2D eigenvalue weighted by molar-refractivity contribution is 5.84. The molecule has 2 aliphatic heterocycles. The molecule has 2 aromatic rings. The van der Waals surface area contributed by atoms with Crippen molar-refractivity contribution in [3.63, 3.8) is 0 Å². The number of rotatable bonds is 3. The third-order valence-corrected chi connectivity index (χ3v) is 6.21. The first-order valence-corrected chi connectivity index (χ1v) is 11.5. The second-order valence-corrected chi connectivity index (χ2v) is 10.1. The third kappa shape index (κ3) is 5.30. The van der Waals surface area contributed by atoms with Crippen LogP contribution in [0.3, 0.4) is 0 Å². The zero-order chi connectivity index (χ0) is 23.8. The Hall–Kier alpha value is -3.06. The summed E-state index contributed by atoms with van der Waals surface area (Å²) in [5.41, 5.74) is 2.54. The van der Waals surface area contributed by atoms with Crippen LogP contribution in [0.5, 0.6) is 5.75 Å². The van der Waals surface area contributed by atoms with Gasteiger partial charge in [-0.1, -0.05) is 36.4 Å². The molecule has 7 nitrogen and oxygen atoms in total. The monoisotopic (exact) mass is 451 g/mol. The van der Waals surface area contributed by atoms with Crippen LogP contribution in [-0.2, 0) is 29.2 Å². The quantitative estimate of drug-likeness (QED) is 0.770. The molecule has 0 aromatic heterocycles. The maximum atomic E-state index is 13.8. The van der Waals surface area contributed by atoms with Gasteiger partial charge < -0.3 is 19.6 Å². The average Bonchev–Trinajstić information content (AvgIpc) is 3.16. The lowest BCUT2D eigenvalue weighted by Gasteiger charge is -2.45. The summed E-state index contributed by atoms with van der Waals surface area (Å²) in [5, 5.41) is 9.82. The number of phenolic OH excluding ortho intramolecular Hbond substituents is 1.